The van der Waals surface area contributed by atoms with Gasteiger partial charge in [0, 0.05) is 24.7 Å². The van der Waals surface area contributed by atoms with E-state index < -0.39 is 0 Å². The topological polar surface area (TPSA) is 53.6 Å². The van der Waals surface area contributed by atoms with Crippen molar-refractivity contribution in [2.75, 3.05) is 6.54 Å². The summed E-state index contributed by atoms with van der Waals surface area (Å²) in [6.07, 6.45) is 3.54. The van der Waals surface area contributed by atoms with Gasteiger partial charge in [0.25, 0.3) is 0 Å². The van der Waals surface area contributed by atoms with Crippen LogP contribution in [-0.4, -0.2) is 35.6 Å². The summed E-state index contributed by atoms with van der Waals surface area (Å²) < 4.78 is 12.8. The molecule has 1 heterocycles. The molecule has 0 radical (unpaired) electrons. The minimum Gasteiger partial charge on any atom is -0.332 e. The molecule has 1 aromatic rings. The number of hydrogen-bond donors (Lipinski definition) is 2. The van der Waals surface area contributed by atoms with Crippen LogP contribution in [0.3, 0.4) is 0 Å². The molecule has 0 bridgehead atoms. The van der Waals surface area contributed by atoms with Gasteiger partial charge in [-0.25, -0.2) is 14.7 Å². The van der Waals surface area contributed by atoms with Crippen molar-refractivity contribution in [3.8, 4) is 0 Å². The second-order valence-corrected chi connectivity index (χ2v) is 6.20. The minimum atomic E-state index is -0.322. The van der Waals surface area contributed by atoms with Crippen LogP contribution in [0.5, 0.6) is 0 Å². The van der Waals surface area contributed by atoms with Crippen LogP contribution in [0.25, 0.3) is 0 Å². The quantitative estimate of drug-likeness (QED) is 0.820. The molecule has 1 aliphatic heterocycles. The lowest BCUT2D eigenvalue weighted by atomic mass is 10.2. The summed E-state index contributed by atoms with van der Waals surface area (Å²) in [5.41, 5.74) is 3.19. The van der Waals surface area contributed by atoms with Crippen molar-refractivity contribution in [3.05, 3.63) is 35.6 Å². The summed E-state index contributed by atoms with van der Waals surface area (Å²) in [4.78, 5) is 19.4. The van der Waals surface area contributed by atoms with Gasteiger partial charge in [-0.3, -0.25) is 9.74 Å². The Kier molecular flexibility index (Phi) is 4.59. The molecular formula is C16H22FN3O2. The van der Waals surface area contributed by atoms with Crippen LogP contribution in [0, 0.1) is 5.82 Å². The van der Waals surface area contributed by atoms with Gasteiger partial charge in [-0.1, -0.05) is 12.1 Å². The number of carbonyl (C=O) groups excluding carboxylic acids is 1. The average Bonchev–Trinajstić information content (AvgIpc) is 3.26. The van der Waals surface area contributed by atoms with Crippen molar-refractivity contribution in [3.63, 3.8) is 0 Å². The summed E-state index contributed by atoms with van der Waals surface area (Å²) in [5.74, 6) is -0.287. The van der Waals surface area contributed by atoms with Gasteiger partial charge in [-0.05, 0) is 43.9 Å². The van der Waals surface area contributed by atoms with Gasteiger partial charge >= 0.3 is 6.03 Å². The van der Waals surface area contributed by atoms with Crippen molar-refractivity contribution in [1.82, 2.24) is 15.7 Å². The Hall–Kier alpha value is -1.66. The summed E-state index contributed by atoms with van der Waals surface area (Å²) in [5, 5.41) is 2.94. The Labute approximate surface area is 129 Å². The van der Waals surface area contributed by atoms with Gasteiger partial charge in [0.15, 0.2) is 0 Å². The number of halogens is 1. The fourth-order valence-electron chi connectivity index (χ4n) is 3.06. The Balaban J connectivity index is 1.36. The number of likely N-dealkylation sites (tertiary alicyclic amines) is 1. The molecule has 1 saturated heterocycles. The Morgan fingerprint density at radius 1 is 1.36 bits per heavy atom. The summed E-state index contributed by atoms with van der Waals surface area (Å²) in [7, 11) is 0. The van der Waals surface area contributed by atoms with E-state index in [1.54, 1.807) is 12.1 Å². The predicted octanol–water partition coefficient (Wildman–Crippen LogP) is 2.18. The van der Waals surface area contributed by atoms with Crippen molar-refractivity contribution in [1.29, 1.82) is 0 Å². The van der Waals surface area contributed by atoms with Crippen molar-refractivity contribution in [2.24, 2.45) is 0 Å². The zero-order valence-corrected chi connectivity index (χ0v) is 12.7. The van der Waals surface area contributed by atoms with E-state index in [4.69, 9.17) is 4.84 Å². The highest BCUT2D eigenvalue weighted by Crippen LogP contribution is 2.33. The molecule has 0 unspecified atom stereocenters. The minimum absolute atomic E-state index is 0.171. The number of urea groups is 1. The zero-order chi connectivity index (χ0) is 15.5. The number of hydroxylamine groups is 1. The van der Waals surface area contributed by atoms with E-state index in [1.165, 1.54) is 25.0 Å². The highest BCUT2D eigenvalue weighted by molar-refractivity contribution is 5.73. The number of carbonyl (C=O) groups is 1. The zero-order valence-electron chi connectivity index (χ0n) is 12.7. The molecule has 2 amide bonds. The monoisotopic (exact) mass is 307 g/mol. The van der Waals surface area contributed by atoms with E-state index in [2.05, 4.69) is 22.6 Å². The summed E-state index contributed by atoms with van der Waals surface area (Å²) in [6, 6.07) is 7.08. The van der Waals surface area contributed by atoms with Gasteiger partial charge in [-0.15, -0.1) is 0 Å². The Morgan fingerprint density at radius 2 is 2.09 bits per heavy atom. The molecule has 2 atom stereocenters. The number of hydrogen-bond acceptors (Lipinski definition) is 3. The summed E-state index contributed by atoms with van der Waals surface area (Å²) >= 11 is 0. The van der Waals surface area contributed by atoms with Crippen LogP contribution < -0.4 is 10.8 Å². The molecule has 1 aromatic carbocycles. The van der Waals surface area contributed by atoms with Crippen LogP contribution in [-0.2, 0) is 11.4 Å². The maximum absolute atomic E-state index is 12.8. The Bertz CT molecular complexity index is 519. The second-order valence-electron chi connectivity index (χ2n) is 6.20. The molecule has 2 fully saturated rings. The number of rotatable bonds is 5. The first-order valence-electron chi connectivity index (χ1n) is 7.80. The first-order chi connectivity index (χ1) is 10.6. The van der Waals surface area contributed by atoms with E-state index in [0.717, 1.165) is 24.6 Å². The molecular weight excluding hydrogens is 285 g/mol. The standard InChI is InChI=1S/C16H22FN3O2/c1-11-8-14(9-20(11)15-6-7-15)18-16(21)19-22-10-12-2-4-13(17)5-3-12/h2-5,11,14-15H,6-10H2,1H3,(H2,18,19,21)/t11-,14-/m0/s1. The smallest absolute Gasteiger partial charge is 0.332 e. The molecule has 120 valence electrons. The molecule has 22 heavy (non-hydrogen) atoms. The van der Waals surface area contributed by atoms with E-state index in [9.17, 15) is 9.18 Å². The van der Waals surface area contributed by atoms with Crippen LogP contribution in [0.1, 0.15) is 31.7 Å². The predicted molar refractivity (Wildman–Crippen MR) is 80.5 cm³/mol. The molecule has 0 aromatic heterocycles. The first kappa shape index (κ1) is 15.2. The van der Waals surface area contributed by atoms with Gasteiger partial charge < -0.3 is 5.32 Å². The third-order valence-electron chi connectivity index (χ3n) is 4.29. The molecule has 3 rings (SSSR count). The van der Waals surface area contributed by atoms with Crippen LogP contribution in [0.4, 0.5) is 9.18 Å². The van der Waals surface area contributed by atoms with E-state index in [0.29, 0.717) is 6.04 Å². The van der Waals surface area contributed by atoms with Crippen LogP contribution in [0.15, 0.2) is 24.3 Å². The number of amides is 2. The van der Waals surface area contributed by atoms with Gasteiger partial charge in [-0.2, -0.15) is 0 Å². The van der Waals surface area contributed by atoms with Crippen molar-refractivity contribution >= 4 is 6.03 Å². The molecule has 6 heteroatoms. The third kappa shape index (κ3) is 3.96. The van der Waals surface area contributed by atoms with Gasteiger partial charge in [0.05, 0.1) is 6.61 Å². The van der Waals surface area contributed by atoms with Gasteiger partial charge in [0.1, 0.15) is 5.82 Å². The molecule has 2 N–H and O–H groups in total. The Morgan fingerprint density at radius 3 is 2.77 bits per heavy atom. The molecule has 1 aliphatic carbocycles. The molecule has 2 aliphatic rings. The number of nitrogens with zero attached hydrogens (tertiary/aromatic N) is 1. The maximum atomic E-state index is 12.8. The fourth-order valence-corrected chi connectivity index (χ4v) is 3.06. The van der Waals surface area contributed by atoms with E-state index >= 15 is 0 Å². The van der Waals surface area contributed by atoms with Crippen LogP contribution in [0.2, 0.25) is 0 Å². The maximum Gasteiger partial charge on any atom is 0.338 e. The number of benzene rings is 1. The normalized spacial score (nSPS) is 25.2. The van der Waals surface area contributed by atoms with E-state index in [-0.39, 0.29) is 24.5 Å². The largest absolute Gasteiger partial charge is 0.338 e. The highest BCUT2D eigenvalue weighted by atomic mass is 19.1. The van der Waals surface area contributed by atoms with Crippen molar-refractivity contribution < 1.29 is 14.0 Å². The lowest BCUT2D eigenvalue weighted by Gasteiger charge is -2.19. The first-order valence-corrected chi connectivity index (χ1v) is 7.80. The van der Waals surface area contributed by atoms with Crippen LogP contribution >= 0.6 is 0 Å². The number of nitrogens with one attached hydrogen (secondary N) is 2. The van der Waals surface area contributed by atoms with E-state index in [1.807, 2.05) is 0 Å². The summed E-state index contributed by atoms with van der Waals surface area (Å²) in [6.45, 7) is 3.34. The highest BCUT2D eigenvalue weighted by Gasteiger charge is 2.39. The molecule has 0 spiro atoms. The van der Waals surface area contributed by atoms with Gasteiger partial charge in [0.2, 0.25) is 0 Å². The molecule has 5 nitrogen and oxygen atoms in total. The SMILES string of the molecule is C[C@H]1C[C@H](NC(=O)NOCc2ccc(F)cc2)CN1C1CC1. The molecule has 1 saturated carbocycles. The lowest BCUT2D eigenvalue weighted by molar-refractivity contribution is 0.0481. The fraction of sp³-hybridized carbons (Fsp3) is 0.562. The second kappa shape index (κ2) is 6.62. The third-order valence-corrected chi connectivity index (χ3v) is 4.29. The lowest BCUT2D eigenvalue weighted by Crippen LogP contribution is -2.43. The average molecular weight is 307 g/mol. The van der Waals surface area contributed by atoms with Crippen molar-refractivity contribution in [2.45, 2.75) is 50.9 Å².